The average Bonchev–Trinajstić information content (AvgIpc) is 3.08. The maximum atomic E-state index is 12.1. The molecule has 0 aliphatic heterocycles. The summed E-state index contributed by atoms with van der Waals surface area (Å²) in [5, 5.41) is 6.94. The fourth-order valence-corrected chi connectivity index (χ4v) is 2.55. The van der Waals surface area contributed by atoms with Crippen molar-refractivity contribution in [3.63, 3.8) is 0 Å². The zero-order valence-electron chi connectivity index (χ0n) is 13.1. The van der Waals surface area contributed by atoms with Crippen molar-refractivity contribution < 1.29 is 9.59 Å². The van der Waals surface area contributed by atoms with Gasteiger partial charge in [-0.3, -0.25) is 9.59 Å². The number of benzene rings is 2. The molecule has 3 N–H and O–H groups in total. The molecule has 2 amide bonds. The molecular weight excluding hydrogens is 384 g/mol. The molecule has 1 heterocycles. The maximum absolute atomic E-state index is 12.1. The molecule has 1 aromatic heterocycles. The van der Waals surface area contributed by atoms with Crippen LogP contribution >= 0.6 is 15.9 Å². The molecule has 3 aromatic rings. The average molecular weight is 399 g/mol. The number of nitrogens with two attached hydrogens (primary N) is 1. The van der Waals surface area contributed by atoms with Crippen molar-refractivity contribution in [2.24, 2.45) is 5.73 Å². The van der Waals surface area contributed by atoms with Crippen molar-refractivity contribution in [3.05, 3.63) is 76.5 Å². The first-order valence-corrected chi connectivity index (χ1v) is 8.31. The van der Waals surface area contributed by atoms with Gasteiger partial charge in [0.15, 0.2) is 0 Å². The number of primary amides is 1. The SMILES string of the molecule is NC(=O)c1ccn(-c2ccc(NC(=O)Cc3ccc(Br)cc3)cc2)n1. The first kappa shape index (κ1) is 16.9. The Morgan fingerprint density at radius 3 is 2.32 bits per heavy atom. The molecule has 7 heteroatoms. The van der Waals surface area contributed by atoms with Gasteiger partial charge in [0.2, 0.25) is 5.91 Å². The lowest BCUT2D eigenvalue weighted by molar-refractivity contribution is -0.115. The number of carbonyl (C=O) groups excluding carboxylic acids is 2. The second-order valence-corrected chi connectivity index (χ2v) is 6.32. The van der Waals surface area contributed by atoms with Crippen LogP contribution < -0.4 is 11.1 Å². The molecule has 6 nitrogen and oxygen atoms in total. The van der Waals surface area contributed by atoms with Crippen molar-refractivity contribution in [2.75, 3.05) is 5.32 Å². The molecule has 0 bridgehead atoms. The van der Waals surface area contributed by atoms with Crippen LogP contribution in [0.1, 0.15) is 16.1 Å². The number of nitrogens with zero attached hydrogens (tertiary/aromatic N) is 2. The molecule has 3 rings (SSSR count). The van der Waals surface area contributed by atoms with Gasteiger partial charge < -0.3 is 11.1 Å². The van der Waals surface area contributed by atoms with Crippen molar-refractivity contribution in [1.82, 2.24) is 9.78 Å². The highest BCUT2D eigenvalue weighted by molar-refractivity contribution is 9.10. The van der Waals surface area contributed by atoms with Crippen LogP contribution in [0.4, 0.5) is 5.69 Å². The third kappa shape index (κ3) is 4.33. The number of hydrogen-bond donors (Lipinski definition) is 2. The Labute approximate surface area is 152 Å². The fourth-order valence-electron chi connectivity index (χ4n) is 2.29. The first-order chi connectivity index (χ1) is 12.0. The highest BCUT2D eigenvalue weighted by atomic mass is 79.9. The van der Waals surface area contributed by atoms with E-state index in [1.165, 1.54) is 0 Å². The molecule has 0 fully saturated rings. The van der Waals surface area contributed by atoms with Gasteiger partial charge in [0.25, 0.3) is 5.91 Å². The van der Waals surface area contributed by atoms with Crippen LogP contribution in [0.25, 0.3) is 5.69 Å². The summed E-state index contributed by atoms with van der Waals surface area (Å²) in [4.78, 5) is 23.2. The summed E-state index contributed by atoms with van der Waals surface area (Å²) in [5.74, 6) is -0.666. The second-order valence-electron chi connectivity index (χ2n) is 5.41. The fraction of sp³-hybridized carbons (Fsp3) is 0.0556. The van der Waals surface area contributed by atoms with Crippen LogP contribution in [0.3, 0.4) is 0 Å². The monoisotopic (exact) mass is 398 g/mol. The van der Waals surface area contributed by atoms with E-state index in [9.17, 15) is 9.59 Å². The van der Waals surface area contributed by atoms with Gasteiger partial charge in [-0.25, -0.2) is 4.68 Å². The lowest BCUT2D eigenvalue weighted by atomic mass is 10.1. The molecule has 0 atom stereocenters. The van der Waals surface area contributed by atoms with E-state index in [0.29, 0.717) is 12.1 Å². The summed E-state index contributed by atoms with van der Waals surface area (Å²) in [7, 11) is 0. The molecule has 0 saturated heterocycles. The summed E-state index contributed by atoms with van der Waals surface area (Å²) in [6, 6.07) is 16.3. The van der Waals surface area contributed by atoms with Crippen LogP contribution in [0.2, 0.25) is 0 Å². The van der Waals surface area contributed by atoms with Crippen LogP contribution in [-0.2, 0) is 11.2 Å². The number of halogens is 1. The van der Waals surface area contributed by atoms with Crippen molar-refractivity contribution >= 4 is 33.4 Å². The van der Waals surface area contributed by atoms with Gasteiger partial charge in [-0.15, -0.1) is 0 Å². The van der Waals surface area contributed by atoms with Crippen molar-refractivity contribution in [1.29, 1.82) is 0 Å². The van der Waals surface area contributed by atoms with E-state index in [2.05, 4.69) is 26.3 Å². The second kappa shape index (κ2) is 7.31. The lowest BCUT2D eigenvalue weighted by Gasteiger charge is -2.07. The van der Waals surface area contributed by atoms with E-state index < -0.39 is 5.91 Å². The van der Waals surface area contributed by atoms with Gasteiger partial charge >= 0.3 is 0 Å². The van der Waals surface area contributed by atoms with E-state index >= 15 is 0 Å². The Kier molecular flexibility index (Phi) is 4.95. The quantitative estimate of drug-likeness (QED) is 0.691. The molecule has 2 aromatic carbocycles. The highest BCUT2D eigenvalue weighted by Crippen LogP contribution is 2.15. The van der Waals surface area contributed by atoms with Crippen LogP contribution in [-0.4, -0.2) is 21.6 Å². The number of nitrogens with one attached hydrogen (secondary N) is 1. The van der Waals surface area contributed by atoms with E-state index in [0.717, 1.165) is 15.7 Å². The Morgan fingerprint density at radius 1 is 1.04 bits per heavy atom. The number of hydrogen-bond acceptors (Lipinski definition) is 3. The van der Waals surface area contributed by atoms with Crippen molar-refractivity contribution in [2.45, 2.75) is 6.42 Å². The molecule has 0 spiro atoms. The minimum atomic E-state index is -0.574. The van der Waals surface area contributed by atoms with Crippen LogP contribution in [0.15, 0.2) is 65.3 Å². The standard InChI is InChI=1S/C18H15BrN4O2/c19-13-3-1-12(2-4-13)11-17(24)21-14-5-7-15(8-6-14)23-10-9-16(22-23)18(20)25/h1-10H,11H2,(H2,20,25)(H,21,24). The topological polar surface area (TPSA) is 90.0 Å². The third-order valence-corrected chi connectivity index (χ3v) is 4.06. The normalized spacial score (nSPS) is 10.4. The zero-order chi connectivity index (χ0) is 17.8. The molecule has 126 valence electrons. The van der Waals surface area contributed by atoms with E-state index in [-0.39, 0.29) is 11.6 Å². The molecule has 0 aliphatic carbocycles. The molecule has 0 saturated carbocycles. The Morgan fingerprint density at radius 2 is 1.72 bits per heavy atom. The van der Waals surface area contributed by atoms with Gasteiger partial charge in [0, 0.05) is 16.4 Å². The third-order valence-electron chi connectivity index (χ3n) is 3.54. The predicted octanol–water partition coefficient (Wildman–Crippen LogP) is 2.91. The Bertz CT molecular complexity index is 902. The van der Waals surface area contributed by atoms with Gasteiger partial charge in [0.05, 0.1) is 12.1 Å². The predicted molar refractivity (Wildman–Crippen MR) is 98.6 cm³/mol. The summed E-state index contributed by atoms with van der Waals surface area (Å²) >= 11 is 3.37. The van der Waals surface area contributed by atoms with E-state index in [1.54, 1.807) is 41.2 Å². The number of carbonyl (C=O) groups is 2. The molecule has 0 radical (unpaired) electrons. The van der Waals surface area contributed by atoms with Crippen LogP contribution in [0.5, 0.6) is 0 Å². The summed E-state index contributed by atoms with van der Waals surface area (Å²) in [6.45, 7) is 0. The lowest BCUT2D eigenvalue weighted by Crippen LogP contribution is -2.14. The number of rotatable bonds is 5. The maximum Gasteiger partial charge on any atom is 0.269 e. The Balaban J connectivity index is 1.64. The molecule has 0 aliphatic rings. The van der Waals surface area contributed by atoms with Crippen LogP contribution in [0, 0.1) is 0 Å². The summed E-state index contributed by atoms with van der Waals surface area (Å²) < 4.78 is 2.53. The van der Waals surface area contributed by atoms with Gasteiger partial charge in [0.1, 0.15) is 5.69 Å². The van der Waals surface area contributed by atoms with Gasteiger partial charge in [-0.2, -0.15) is 5.10 Å². The molecule has 25 heavy (non-hydrogen) atoms. The molecular formula is C18H15BrN4O2. The number of amides is 2. The van der Waals surface area contributed by atoms with Crippen molar-refractivity contribution in [3.8, 4) is 5.69 Å². The summed E-state index contributed by atoms with van der Waals surface area (Å²) in [5.41, 5.74) is 7.78. The van der Waals surface area contributed by atoms with Gasteiger partial charge in [-0.1, -0.05) is 28.1 Å². The number of anilines is 1. The highest BCUT2D eigenvalue weighted by Gasteiger charge is 2.07. The largest absolute Gasteiger partial charge is 0.364 e. The zero-order valence-corrected chi connectivity index (χ0v) is 14.7. The number of aromatic nitrogens is 2. The Hall–Kier alpha value is -2.93. The van der Waals surface area contributed by atoms with Gasteiger partial charge in [-0.05, 0) is 48.0 Å². The minimum Gasteiger partial charge on any atom is -0.364 e. The minimum absolute atomic E-state index is 0.0924. The van der Waals surface area contributed by atoms with E-state index in [4.69, 9.17) is 5.73 Å². The molecule has 0 unspecified atom stereocenters. The smallest absolute Gasteiger partial charge is 0.269 e. The first-order valence-electron chi connectivity index (χ1n) is 7.51. The summed E-state index contributed by atoms with van der Waals surface area (Å²) in [6.07, 6.45) is 1.96. The van der Waals surface area contributed by atoms with E-state index in [1.807, 2.05) is 24.3 Å².